The van der Waals surface area contributed by atoms with Gasteiger partial charge in [0.1, 0.15) is 0 Å². The fourth-order valence-corrected chi connectivity index (χ4v) is 3.59. The van der Waals surface area contributed by atoms with Crippen LogP contribution in [0.25, 0.3) is 0 Å². The van der Waals surface area contributed by atoms with Gasteiger partial charge in [-0.25, -0.2) is 0 Å². The van der Waals surface area contributed by atoms with Crippen LogP contribution in [0, 0.1) is 5.92 Å². The third-order valence-electron chi connectivity index (χ3n) is 3.26. The minimum absolute atomic E-state index is 0.748. The summed E-state index contributed by atoms with van der Waals surface area (Å²) in [6.07, 6.45) is 5.58. The molecule has 3 heteroatoms. The Labute approximate surface area is 91.6 Å². The van der Waals surface area contributed by atoms with E-state index >= 15 is 0 Å². The van der Waals surface area contributed by atoms with E-state index in [-0.39, 0.29) is 0 Å². The van der Waals surface area contributed by atoms with Gasteiger partial charge >= 0.3 is 0 Å². The summed E-state index contributed by atoms with van der Waals surface area (Å²) in [7, 11) is 0. The predicted molar refractivity (Wildman–Crippen MR) is 63.9 cm³/mol. The molecule has 0 aliphatic carbocycles. The average molecular weight is 214 g/mol. The van der Waals surface area contributed by atoms with Crippen molar-refractivity contribution in [3.8, 4) is 0 Å². The van der Waals surface area contributed by atoms with Gasteiger partial charge in [0.05, 0.1) is 0 Å². The highest BCUT2D eigenvalue weighted by molar-refractivity contribution is 7.99. The molecule has 2 saturated heterocycles. The molecule has 0 aromatic heterocycles. The monoisotopic (exact) mass is 214 g/mol. The normalized spacial score (nSPS) is 33.4. The van der Waals surface area contributed by atoms with Crippen molar-refractivity contribution in [3.63, 3.8) is 0 Å². The first-order valence-corrected chi connectivity index (χ1v) is 7.12. The number of hydrogen-bond donors (Lipinski definition) is 2. The maximum atomic E-state index is 3.62. The summed E-state index contributed by atoms with van der Waals surface area (Å²) in [4.78, 5) is 0. The molecule has 0 amide bonds. The Morgan fingerprint density at radius 1 is 1.21 bits per heavy atom. The Morgan fingerprint density at radius 3 is 2.93 bits per heavy atom. The minimum Gasteiger partial charge on any atom is -0.315 e. The fourth-order valence-electron chi connectivity index (χ4n) is 2.30. The second kappa shape index (κ2) is 5.99. The summed E-state index contributed by atoms with van der Waals surface area (Å²) < 4.78 is 0. The minimum atomic E-state index is 0.748. The standard InChI is InChI=1S/C11H22N2S/c1-2-5-13-11(3-1)8-12-7-10-4-6-14-9-10/h10-13H,1-9H2. The molecule has 2 rings (SSSR count). The Kier molecular flexibility index (Phi) is 4.61. The molecule has 2 nitrogen and oxygen atoms in total. The molecule has 2 aliphatic rings. The average Bonchev–Trinajstić information content (AvgIpc) is 2.72. The predicted octanol–water partition coefficient (Wildman–Crippen LogP) is 1.47. The molecule has 2 heterocycles. The van der Waals surface area contributed by atoms with Crippen LogP contribution in [-0.2, 0) is 0 Å². The van der Waals surface area contributed by atoms with E-state index in [9.17, 15) is 0 Å². The van der Waals surface area contributed by atoms with Crippen molar-refractivity contribution in [2.75, 3.05) is 31.1 Å². The lowest BCUT2D eigenvalue weighted by Crippen LogP contribution is -2.42. The quantitative estimate of drug-likeness (QED) is 0.741. The molecule has 2 aliphatic heterocycles. The van der Waals surface area contributed by atoms with Crippen molar-refractivity contribution in [3.05, 3.63) is 0 Å². The molecule has 0 spiro atoms. The highest BCUT2D eigenvalue weighted by atomic mass is 32.2. The van der Waals surface area contributed by atoms with Gasteiger partial charge in [-0.05, 0) is 49.8 Å². The highest BCUT2D eigenvalue weighted by Gasteiger charge is 2.16. The molecule has 2 atom stereocenters. The third kappa shape index (κ3) is 3.44. The van der Waals surface area contributed by atoms with E-state index in [0.29, 0.717) is 0 Å². The lowest BCUT2D eigenvalue weighted by Gasteiger charge is -2.24. The molecule has 2 N–H and O–H groups in total. The lowest BCUT2D eigenvalue weighted by atomic mass is 10.0. The van der Waals surface area contributed by atoms with Crippen molar-refractivity contribution in [1.82, 2.24) is 10.6 Å². The Hall–Kier alpha value is 0.270. The van der Waals surface area contributed by atoms with Crippen LogP contribution in [0.2, 0.25) is 0 Å². The Morgan fingerprint density at radius 2 is 2.21 bits per heavy atom. The van der Waals surface area contributed by atoms with E-state index in [4.69, 9.17) is 0 Å². The van der Waals surface area contributed by atoms with E-state index < -0.39 is 0 Å². The first-order chi connectivity index (χ1) is 6.95. The van der Waals surface area contributed by atoms with Crippen LogP contribution >= 0.6 is 11.8 Å². The van der Waals surface area contributed by atoms with Crippen LogP contribution in [0.5, 0.6) is 0 Å². The molecule has 0 bridgehead atoms. The van der Waals surface area contributed by atoms with Crippen LogP contribution in [0.1, 0.15) is 25.7 Å². The van der Waals surface area contributed by atoms with Gasteiger partial charge in [-0.3, -0.25) is 0 Å². The first kappa shape index (κ1) is 10.8. The molecule has 82 valence electrons. The third-order valence-corrected chi connectivity index (χ3v) is 4.49. The van der Waals surface area contributed by atoms with Crippen molar-refractivity contribution in [2.45, 2.75) is 31.7 Å². The zero-order chi connectivity index (χ0) is 9.64. The zero-order valence-corrected chi connectivity index (χ0v) is 9.74. The molecule has 0 radical (unpaired) electrons. The summed E-state index contributed by atoms with van der Waals surface area (Å²) in [5.41, 5.74) is 0. The van der Waals surface area contributed by atoms with Gasteiger partial charge in [-0.2, -0.15) is 11.8 Å². The molecular weight excluding hydrogens is 192 g/mol. The number of hydrogen-bond acceptors (Lipinski definition) is 3. The molecule has 14 heavy (non-hydrogen) atoms. The van der Waals surface area contributed by atoms with Gasteiger partial charge in [-0.1, -0.05) is 6.42 Å². The van der Waals surface area contributed by atoms with E-state index in [1.807, 2.05) is 0 Å². The van der Waals surface area contributed by atoms with Crippen LogP contribution in [0.15, 0.2) is 0 Å². The molecule has 0 aromatic rings. The molecule has 0 saturated carbocycles. The summed E-state index contributed by atoms with van der Waals surface area (Å²) in [5, 5.41) is 7.20. The van der Waals surface area contributed by atoms with Crippen molar-refractivity contribution in [2.24, 2.45) is 5.92 Å². The van der Waals surface area contributed by atoms with Crippen LogP contribution in [0.3, 0.4) is 0 Å². The molecule has 2 fully saturated rings. The number of thioether (sulfide) groups is 1. The smallest absolute Gasteiger partial charge is 0.0192 e. The number of piperidine rings is 1. The number of rotatable bonds is 4. The van der Waals surface area contributed by atoms with Gasteiger partial charge in [0.15, 0.2) is 0 Å². The summed E-state index contributed by atoms with van der Waals surface area (Å²) >= 11 is 2.11. The summed E-state index contributed by atoms with van der Waals surface area (Å²) in [5.74, 6) is 3.71. The maximum Gasteiger partial charge on any atom is 0.0192 e. The van der Waals surface area contributed by atoms with Crippen LogP contribution < -0.4 is 10.6 Å². The van der Waals surface area contributed by atoms with Gasteiger partial charge in [-0.15, -0.1) is 0 Å². The van der Waals surface area contributed by atoms with E-state index in [2.05, 4.69) is 22.4 Å². The van der Waals surface area contributed by atoms with Gasteiger partial charge in [0.2, 0.25) is 0 Å². The maximum absolute atomic E-state index is 3.62. The van der Waals surface area contributed by atoms with Crippen molar-refractivity contribution in [1.29, 1.82) is 0 Å². The molecule has 0 aromatic carbocycles. The summed E-state index contributed by atoms with van der Waals surface area (Å²) in [6.45, 7) is 3.65. The van der Waals surface area contributed by atoms with E-state index in [0.717, 1.165) is 12.0 Å². The van der Waals surface area contributed by atoms with Crippen molar-refractivity contribution >= 4 is 11.8 Å². The molecule has 2 unspecified atom stereocenters. The second-order valence-electron chi connectivity index (χ2n) is 4.53. The fraction of sp³-hybridized carbons (Fsp3) is 1.00. The van der Waals surface area contributed by atoms with Gasteiger partial charge < -0.3 is 10.6 Å². The lowest BCUT2D eigenvalue weighted by molar-refractivity contribution is 0.374. The van der Waals surface area contributed by atoms with E-state index in [1.165, 1.54) is 56.8 Å². The Bertz CT molecular complexity index is 151. The topological polar surface area (TPSA) is 24.1 Å². The van der Waals surface area contributed by atoms with E-state index in [1.54, 1.807) is 0 Å². The van der Waals surface area contributed by atoms with Gasteiger partial charge in [0.25, 0.3) is 0 Å². The SMILES string of the molecule is C1CCC(CNCC2CCSC2)NC1. The molecular formula is C11H22N2S. The first-order valence-electron chi connectivity index (χ1n) is 5.97. The van der Waals surface area contributed by atoms with Crippen molar-refractivity contribution < 1.29 is 0 Å². The van der Waals surface area contributed by atoms with Crippen LogP contribution in [0.4, 0.5) is 0 Å². The number of nitrogens with one attached hydrogen (secondary N) is 2. The van der Waals surface area contributed by atoms with Gasteiger partial charge in [0, 0.05) is 12.6 Å². The largest absolute Gasteiger partial charge is 0.315 e. The Balaban J connectivity index is 1.52. The highest BCUT2D eigenvalue weighted by Crippen LogP contribution is 2.22. The second-order valence-corrected chi connectivity index (χ2v) is 5.68. The van der Waals surface area contributed by atoms with Crippen LogP contribution in [-0.4, -0.2) is 37.2 Å². The zero-order valence-electron chi connectivity index (χ0n) is 8.93. The summed E-state index contributed by atoms with van der Waals surface area (Å²) in [6, 6.07) is 0.748.